The van der Waals surface area contributed by atoms with Gasteiger partial charge in [-0.25, -0.2) is 4.79 Å². The molecule has 4 heteroatoms. The van der Waals surface area contributed by atoms with Crippen LogP contribution >= 0.6 is 0 Å². The van der Waals surface area contributed by atoms with E-state index in [1.165, 1.54) is 18.7 Å². The van der Waals surface area contributed by atoms with Gasteiger partial charge in [0, 0.05) is 18.2 Å². The Balaban J connectivity index is 3.19. The van der Waals surface area contributed by atoms with Crippen LogP contribution in [-0.2, 0) is 9.59 Å². The largest absolute Gasteiger partial charge is 0.480 e. The highest BCUT2D eigenvalue weighted by Crippen LogP contribution is 2.19. The Kier molecular flexibility index (Phi) is 3.89. The highest BCUT2D eigenvalue weighted by Gasteiger charge is 2.24. The Bertz CT molecular complexity index is 488. The number of carboxylic acids is 1. The van der Waals surface area contributed by atoms with Crippen LogP contribution in [0.2, 0.25) is 0 Å². The monoisotopic (exact) mass is 231 g/mol. The second-order valence-corrected chi connectivity index (χ2v) is 3.60. The second-order valence-electron chi connectivity index (χ2n) is 3.60. The summed E-state index contributed by atoms with van der Waals surface area (Å²) in [6.45, 7) is 2.77. The number of benzene rings is 1. The third-order valence-electron chi connectivity index (χ3n) is 2.37. The van der Waals surface area contributed by atoms with Crippen LogP contribution in [0.15, 0.2) is 24.3 Å². The molecule has 0 fully saturated rings. The highest BCUT2D eigenvalue weighted by atomic mass is 16.4. The Morgan fingerprint density at radius 1 is 1.47 bits per heavy atom. The van der Waals surface area contributed by atoms with Crippen molar-refractivity contribution < 1.29 is 14.7 Å². The van der Waals surface area contributed by atoms with Crippen molar-refractivity contribution in [1.82, 2.24) is 0 Å². The fourth-order valence-corrected chi connectivity index (χ4v) is 1.53. The number of hydrogen-bond acceptors (Lipinski definition) is 2. The van der Waals surface area contributed by atoms with E-state index in [0.717, 1.165) is 0 Å². The molecule has 0 saturated carbocycles. The van der Waals surface area contributed by atoms with Gasteiger partial charge in [0.05, 0.1) is 0 Å². The van der Waals surface area contributed by atoms with Crippen LogP contribution in [0.1, 0.15) is 19.4 Å². The summed E-state index contributed by atoms with van der Waals surface area (Å²) in [6, 6.07) is 5.74. The van der Waals surface area contributed by atoms with Crippen LogP contribution in [0.4, 0.5) is 5.69 Å². The summed E-state index contributed by atoms with van der Waals surface area (Å²) in [5, 5.41) is 8.95. The van der Waals surface area contributed by atoms with Gasteiger partial charge in [-0.05, 0) is 25.1 Å². The van der Waals surface area contributed by atoms with Gasteiger partial charge in [-0.3, -0.25) is 9.69 Å². The first-order valence-electron chi connectivity index (χ1n) is 5.06. The first kappa shape index (κ1) is 12.8. The molecule has 1 unspecified atom stereocenters. The van der Waals surface area contributed by atoms with Crippen LogP contribution in [0, 0.1) is 12.3 Å². The number of terminal acetylenes is 1. The molecule has 1 aromatic carbocycles. The lowest BCUT2D eigenvalue weighted by molar-refractivity contribution is -0.139. The fraction of sp³-hybridized carbons (Fsp3) is 0.231. The topological polar surface area (TPSA) is 57.6 Å². The van der Waals surface area contributed by atoms with Crippen molar-refractivity contribution in [3.8, 4) is 12.3 Å². The van der Waals surface area contributed by atoms with E-state index in [1.807, 2.05) is 0 Å². The van der Waals surface area contributed by atoms with Gasteiger partial charge in [-0.15, -0.1) is 6.42 Å². The number of carbonyl (C=O) groups excluding carboxylic acids is 1. The van der Waals surface area contributed by atoms with E-state index in [1.54, 1.807) is 24.3 Å². The number of hydrogen-bond donors (Lipinski definition) is 1. The molecule has 0 aliphatic rings. The van der Waals surface area contributed by atoms with Crippen molar-refractivity contribution in [3.63, 3.8) is 0 Å². The normalized spacial score (nSPS) is 11.4. The fourth-order valence-electron chi connectivity index (χ4n) is 1.53. The third-order valence-corrected chi connectivity index (χ3v) is 2.37. The maximum Gasteiger partial charge on any atom is 0.326 e. The average Bonchev–Trinajstić information content (AvgIpc) is 2.28. The number of rotatable bonds is 3. The number of anilines is 1. The van der Waals surface area contributed by atoms with Gasteiger partial charge in [0.1, 0.15) is 6.04 Å². The third kappa shape index (κ3) is 2.85. The zero-order valence-electron chi connectivity index (χ0n) is 9.68. The van der Waals surface area contributed by atoms with Crippen molar-refractivity contribution >= 4 is 17.6 Å². The Hall–Kier alpha value is -2.28. The van der Waals surface area contributed by atoms with Crippen LogP contribution in [0.25, 0.3) is 0 Å². The van der Waals surface area contributed by atoms with Crippen molar-refractivity contribution in [2.45, 2.75) is 19.9 Å². The lowest BCUT2D eigenvalue weighted by atomic mass is 10.1. The molecule has 0 saturated heterocycles. The Labute approximate surface area is 99.9 Å². The van der Waals surface area contributed by atoms with Crippen LogP contribution < -0.4 is 4.90 Å². The minimum Gasteiger partial charge on any atom is -0.480 e. The first-order valence-corrected chi connectivity index (χ1v) is 5.06. The van der Waals surface area contributed by atoms with Crippen molar-refractivity contribution in [3.05, 3.63) is 29.8 Å². The van der Waals surface area contributed by atoms with Crippen LogP contribution in [-0.4, -0.2) is 23.0 Å². The van der Waals surface area contributed by atoms with Gasteiger partial charge >= 0.3 is 5.97 Å². The van der Waals surface area contributed by atoms with E-state index < -0.39 is 12.0 Å². The standard InChI is InChI=1S/C13H13NO3/c1-4-11-6-5-7-12(8-11)14(10(3)15)9(2)13(16)17/h1,5-9H,2-3H3,(H,16,17). The van der Waals surface area contributed by atoms with Gasteiger partial charge in [-0.2, -0.15) is 0 Å². The van der Waals surface area contributed by atoms with Gasteiger partial charge < -0.3 is 5.11 Å². The van der Waals surface area contributed by atoms with E-state index in [4.69, 9.17) is 11.5 Å². The molecule has 17 heavy (non-hydrogen) atoms. The molecule has 0 aromatic heterocycles. The predicted octanol–water partition coefficient (Wildman–Crippen LogP) is 1.49. The lowest BCUT2D eigenvalue weighted by Crippen LogP contribution is -2.42. The van der Waals surface area contributed by atoms with E-state index in [0.29, 0.717) is 11.3 Å². The maximum absolute atomic E-state index is 11.5. The zero-order valence-corrected chi connectivity index (χ0v) is 9.68. The Morgan fingerprint density at radius 3 is 2.59 bits per heavy atom. The van der Waals surface area contributed by atoms with E-state index >= 15 is 0 Å². The summed E-state index contributed by atoms with van der Waals surface area (Å²) in [7, 11) is 0. The number of nitrogens with zero attached hydrogens (tertiary/aromatic N) is 1. The van der Waals surface area contributed by atoms with E-state index in [9.17, 15) is 9.59 Å². The highest BCUT2D eigenvalue weighted by molar-refractivity contribution is 5.97. The maximum atomic E-state index is 11.5. The molecule has 1 aromatic rings. The summed E-state index contributed by atoms with van der Waals surface area (Å²) in [5.74, 6) is 1.04. The molecular formula is C13H13NO3. The van der Waals surface area contributed by atoms with Crippen molar-refractivity contribution in [2.75, 3.05) is 4.90 Å². The van der Waals surface area contributed by atoms with Crippen LogP contribution in [0.3, 0.4) is 0 Å². The molecule has 0 radical (unpaired) electrons. The SMILES string of the molecule is C#Cc1cccc(N(C(C)=O)C(C)C(=O)O)c1. The average molecular weight is 231 g/mol. The summed E-state index contributed by atoms with van der Waals surface area (Å²) < 4.78 is 0. The minimum absolute atomic E-state index is 0.339. The summed E-state index contributed by atoms with van der Waals surface area (Å²) in [4.78, 5) is 23.6. The first-order chi connectivity index (χ1) is 7.97. The quantitative estimate of drug-likeness (QED) is 0.802. The zero-order chi connectivity index (χ0) is 13.0. The number of carbonyl (C=O) groups is 2. The lowest BCUT2D eigenvalue weighted by Gasteiger charge is -2.25. The van der Waals surface area contributed by atoms with Gasteiger partial charge in [-0.1, -0.05) is 12.0 Å². The van der Waals surface area contributed by atoms with Crippen molar-refractivity contribution in [1.29, 1.82) is 0 Å². The predicted molar refractivity (Wildman–Crippen MR) is 64.6 cm³/mol. The van der Waals surface area contributed by atoms with Gasteiger partial charge in [0.15, 0.2) is 0 Å². The van der Waals surface area contributed by atoms with Crippen molar-refractivity contribution in [2.24, 2.45) is 0 Å². The van der Waals surface area contributed by atoms with E-state index in [2.05, 4.69) is 5.92 Å². The molecular weight excluding hydrogens is 218 g/mol. The molecule has 0 heterocycles. The van der Waals surface area contributed by atoms with Gasteiger partial charge in [0.2, 0.25) is 5.91 Å². The number of carboxylic acid groups (broad SMARTS) is 1. The molecule has 1 atom stereocenters. The molecule has 1 amide bonds. The molecule has 0 spiro atoms. The van der Waals surface area contributed by atoms with Crippen LogP contribution in [0.5, 0.6) is 0 Å². The molecule has 4 nitrogen and oxygen atoms in total. The van der Waals surface area contributed by atoms with Gasteiger partial charge in [0.25, 0.3) is 0 Å². The molecule has 0 aliphatic carbocycles. The Morgan fingerprint density at radius 2 is 2.12 bits per heavy atom. The summed E-state index contributed by atoms with van der Waals surface area (Å²) in [5.41, 5.74) is 1.09. The molecule has 0 aliphatic heterocycles. The summed E-state index contributed by atoms with van der Waals surface area (Å²) >= 11 is 0. The molecule has 1 N–H and O–H groups in total. The molecule has 0 bridgehead atoms. The van der Waals surface area contributed by atoms with E-state index in [-0.39, 0.29) is 5.91 Å². The second kappa shape index (κ2) is 5.17. The minimum atomic E-state index is -1.06. The molecule has 1 rings (SSSR count). The smallest absolute Gasteiger partial charge is 0.326 e. The summed E-state index contributed by atoms with van der Waals surface area (Å²) in [6.07, 6.45) is 5.26. The number of amides is 1. The number of aliphatic carboxylic acids is 1. The molecule has 88 valence electrons.